The summed E-state index contributed by atoms with van der Waals surface area (Å²) in [6.07, 6.45) is 3.65. The highest BCUT2D eigenvalue weighted by molar-refractivity contribution is 4.92. The van der Waals surface area contributed by atoms with E-state index in [1.54, 1.807) is 0 Å². The van der Waals surface area contributed by atoms with Crippen LogP contribution in [0.3, 0.4) is 0 Å². The third-order valence-corrected chi connectivity index (χ3v) is 2.89. The highest BCUT2D eigenvalue weighted by Gasteiger charge is 2.37. The van der Waals surface area contributed by atoms with Crippen LogP contribution in [0.5, 0.6) is 0 Å². The van der Waals surface area contributed by atoms with Gasteiger partial charge in [0.15, 0.2) is 0 Å². The number of nitrogens with one attached hydrogen (secondary N) is 1. The minimum Gasteiger partial charge on any atom is -0.396 e. The summed E-state index contributed by atoms with van der Waals surface area (Å²) in [5, 5.41) is 12.6. The van der Waals surface area contributed by atoms with Gasteiger partial charge < -0.3 is 10.4 Å². The van der Waals surface area contributed by atoms with Crippen LogP contribution in [0.2, 0.25) is 0 Å². The van der Waals surface area contributed by atoms with Gasteiger partial charge in [-0.3, -0.25) is 0 Å². The molecule has 0 bridgehead atoms. The van der Waals surface area contributed by atoms with Crippen LogP contribution in [0.4, 0.5) is 0 Å². The SMILES string of the molecule is CCNC1CCCC1(C)CO. The van der Waals surface area contributed by atoms with Crippen LogP contribution >= 0.6 is 0 Å². The van der Waals surface area contributed by atoms with Gasteiger partial charge in [-0.1, -0.05) is 20.3 Å². The molecule has 0 spiro atoms. The van der Waals surface area contributed by atoms with Crippen molar-refractivity contribution in [2.24, 2.45) is 5.41 Å². The maximum Gasteiger partial charge on any atom is 0.0499 e. The smallest absolute Gasteiger partial charge is 0.0499 e. The Labute approximate surface area is 69.0 Å². The minimum absolute atomic E-state index is 0.149. The first-order chi connectivity index (χ1) is 5.23. The summed E-state index contributed by atoms with van der Waals surface area (Å²) >= 11 is 0. The number of rotatable bonds is 3. The van der Waals surface area contributed by atoms with E-state index in [1.165, 1.54) is 19.3 Å². The van der Waals surface area contributed by atoms with Crippen LogP contribution in [0.1, 0.15) is 33.1 Å². The zero-order chi connectivity index (χ0) is 8.32. The van der Waals surface area contributed by atoms with Crippen molar-refractivity contribution >= 4 is 0 Å². The van der Waals surface area contributed by atoms with E-state index in [0.717, 1.165) is 6.54 Å². The highest BCUT2D eigenvalue weighted by Crippen LogP contribution is 2.37. The lowest BCUT2D eigenvalue weighted by atomic mass is 9.86. The molecule has 1 aliphatic carbocycles. The molecule has 2 atom stereocenters. The van der Waals surface area contributed by atoms with Crippen LogP contribution in [0, 0.1) is 5.41 Å². The molecule has 2 unspecified atom stereocenters. The molecule has 0 heterocycles. The normalized spacial score (nSPS) is 37.9. The molecule has 2 nitrogen and oxygen atoms in total. The van der Waals surface area contributed by atoms with Gasteiger partial charge in [-0.05, 0) is 19.4 Å². The third-order valence-electron chi connectivity index (χ3n) is 2.89. The first kappa shape index (κ1) is 9.01. The van der Waals surface area contributed by atoms with Crippen molar-refractivity contribution in [2.45, 2.75) is 39.2 Å². The first-order valence-corrected chi connectivity index (χ1v) is 4.57. The van der Waals surface area contributed by atoms with Crippen LogP contribution in [0.25, 0.3) is 0 Å². The standard InChI is InChI=1S/C9H19NO/c1-3-10-8-5-4-6-9(8,2)7-11/h8,10-11H,3-7H2,1-2H3. The lowest BCUT2D eigenvalue weighted by molar-refractivity contribution is 0.120. The molecule has 66 valence electrons. The molecule has 0 aromatic rings. The van der Waals surface area contributed by atoms with Crippen molar-refractivity contribution in [3.63, 3.8) is 0 Å². The van der Waals surface area contributed by atoms with E-state index in [1.807, 2.05) is 0 Å². The summed E-state index contributed by atoms with van der Waals surface area (Å²) in [6, 6.07) is 0.539. The number of hydrogen-bond donors (Lipinski definition) is 2. The second-order valence-corrected chi connectivity index (χ2v) is 3.81. The molecular weight excluding hydrogens is 138 g/mol. The van der Waals surface area contributed by atoms with E-state index < -0.39 is 0 Å². The third kappa shape index (κ3) is 1.74. The Morgan fingerprint density at radius 3 is 2.91 bits per heavy atom. The number of aliphatic hydroxyl groups is 1. The van der Waals surface area contributed by atoms with Gasteiger partial charge in [-0.2, -0.15) is 0 Å². The van der Waals surface area contributed by atoms with Gasteiger partial charge in [0.2, 0.25) is 0 Å². The summed E-state index contributed by atoms with van der Waals surface area (Å²) in [5.41, 5.74) is 0.149. The fourth-order valence-electron chi connectivity index (χ4n) is 2.02. The molecule has 0 aromatic carbocycles. The lowest BCUT2D eigenvalue weighted by Crippen LogP contribution is -2.41. The Kier molecular flexibility index (Phi) is 2.90. The van der Waals surface area contributed by atoms with E-state index in [9.17, 15) is 5.11 Å². The average Bonchev–Trinajstić information content (AvgIpc) is 2.35. The van der Waals surface area contributed by atoms with Crippen molar-refractivity contribution in [3.05, 3.63) is 0 Å². The molecule has 0 amide bonds. The Morgan fingerprint density at radius 2 is 2.36 bits per heavy atom. The molecule has 1 saturated carbocycles. The summed E-state index contributed by atoms with van der Waals surface area (Å²) < 4.78 is 0. The molecule has 0 aliphatic heterocycles. The molecule has 1 rings (SSSR count). The van der Waals surface area contributed by atoms with Gasteiger partial charge in [-0.15, -0.1) is 0 Å². The molecule has 11 heavy (non-hydrogen) atoms. The predicted octanol–water partition coefficient (Wildman–Crippen LogP) is 1.15. The van der Waals surface area contributed by atoms with E-state index in [0.29, 0.717) is 12.6 Å². The van der Waals surface area contributed by atoms with E-state index in [-0.39, 0.29) is 5.41 Å². The monoisotopic (exact) mass is 157 g/mol. The topological polar surface area (TPSA) is 32.3 Å². The highest BCUT2D eigenvalue weighted by atomic mass is 16.3. The number of aliphatic hydroxyl groups excluding tert-OH is 1. The van der Waals surface area contributed by atoms with Crippen molar-refractivity contribution in [3.8, 4) is 0 Å². The molecule has 1 aliphatic rings. The summed E-state index contributed by atoms with van der Waals surface area (Å²) in [6.45, 7) is 5.63. The fourth-order valence-corrected chi connectivity index (χ4v) is 2.02. The van der Waals surface area contributed by atoms with Gasteiger partial charge in [0.05, 0.1) is 0 Å². The minimum atomic E-state index is 0.149. The fraction of sp³-hybridized carbons (Fsp3) is 1.00. The summed E-state index contributed by atoms with van der Waals surface area (Å²) in [5.74, 6) is 0. The molecule has 0 saturated heterocycles. The van der Waals surface area contributed by atoms with E-state index in [2.05, 4.69) is 19.2 Å². The molecule has 1 fully saturated rings. The average molecular weight is 157 g/mol. The largest absolute Gasteiger partial charge is 0.396 e. The molecule has 0 aromatic heterocycles. The zero-order valence-corrected chi connectivity index (χ0v) is 7.56. The van der Waals surface area contributed by atoms with Crippen LogP contribution in [0.15, 0.2) is 0 Å². The zero-order valence-electron chi connectivity index (χ0n) is 7.56. The molecule has 2 heteroatoms. The molecule has 0 radical (unpaired) electrons. The van der Waals surface area contributed by atoms with Crippen molar-refractivity contribution in [1.82, 2.24) is 5.32 Å². The van der Waals surface area contributed by atoms with E-state index >= 15 is 0 Å². The first-order valence-electron chi connectivity index (χ1n) is 4.57. The van der Waals surface area contributed by atoms with Crippen molar-refractivity contribution < 1.29 is 5.11 Å². The molecular formula is C9H19NO. The van der Waals surface area contributed by atoms with Gasteiger partial charge in [0.1, 0.15) is 0 Å². The van der Waals surface area contributed by atoms with Gasteiger partial charge in [0.25, 0.3) is 0 Å². The van der Waals surface area contributed by atoms with Crippen LogP contribution in [-0.2, 0) is 0 Å². The van der Waals surface area contributed by atoms with Gasteiger partial charge in [0, 0.05) is 18.1 Å². The van der Waals surface area contributed by atoms with Crippen molar-refractivity contribution in [1.29, 1.82) is 0 Å². The van der Waals surface area contributed by atoms with Crippen LogP contribution in [-0.4, -0.2) is 24.3 Å². The maximum absolute atomic E-state index is 9.18. The Morgan fingerprint density at radius 1 is 1.64 bits per heavy atom. The predicted molar refractivity (Wildman–Crippen MR) is 46.5 cm³/mol. The Hall–Kier alpha value is -0.0800. The summed E-state index contributed by atoms with van der Waals surface area (Å²) in [7, 11) is 0. The summed E-state index contributed by atoms with van der Waals surface area (Å²) in [4.78, 5) is 0. The Bertz CT molecular complexity index is 127. The lowest BCUT2D eigenvalue weighted by Gasteiger charge is -2.29. The number of hydrogen-bond acceptors (Lipinski definition) is 2. The Balaban J connectivity index is 2.49. The molecule has 2 N–H and O–H groups in total. The van der Waals surface area contributed by atoms with Gasteiger partial charge >= 0.3 is 0 Å². The quantitative estimate of drug-likeness (QED) is 0.644. The second kappa shape index (κ2) is 3.55. The van der Waals surface area contributed by atoms with Crippen LogP contribution < -0.4 is 5.32 Å². The second-order valence-electron chi connectivity index (χ2n) is 3.81. The van der Waals surface area contributed by atoms with E-state index in [4.69, 9.17) is 0 Å². The maximum atomic E-state index is 9.18. The van der Waals surface area contributed by atoms with Gasteiger partial charge in [-0.25, -0.2) is 0 Å². The van der Waals surface area contributed by atoms with Crippen molar-refractivity contribution in [2.75, 3.05) is 13.2 Å².